The summed E-state index contributed by atoms with van der Waals surface area (Å²) in [5.41, 5.74) is 0. The van der Waals surface area contributed by atoms with Crippen molar-refractivity contribution < 1.29 is 0 Å². The normalized spacial score (nSPS) is 13.5. The standard InChI is InChI=1S/C13H29N/c1-5-7-8-9-10-13(6-2)11-14-12(3)4/h12-14H,5-11H2,1-4H3. The van der Waals surface area contributed by atoms with Gasteiger partial charge < -0.3 is 5.32 Å². The van der Waals surface area contributed by atoms with Crippen LogP contribution in [0.2, 0.25) is 0 Å². The van der Waals surface area contributed by atoms with Crippen LogP contribution in [-0.4, -0.2) is 12.6 Å². The average Bonchev–Trinajstić information content (AvgIpc) is 2.16. The Hall–Kier alpha value is -0.0400. The van der Waals surface area contributed by atoms with Gasteiger partial charge in [0.15, 0.2) is 0 Å². The maximum Gasteiger partial charge on any atom is 0.00104 e. The maximum absolute atomic E-state index is 3.54. The van der Waals surface area contributed by atoms with Gasteiger partial charge in [0, 0.05) is 6.04 Å². The summed E-state index contributed by atoms with van der Waals surface area (Å²) in [7, 11) is 0. The fraction of sp³-hybridized carbons (Fsp3) is 1.00. The van der Waals surface area contributed by atoms with Crippen LogP contribution in [-0.2, 0) is 0 Å². The van der Waals surface area contributed by atoms with Gasteiger partial charge in [-0.1, -0.05) is 59.8 Å². The SMILES string of the molecule is CCCCCCC(CC)CNC(C)C. The second-order valence-electron chi connectivity index (χ2n) is 4.69. The van der Waals surface area contributed by atoms with Crippen LogP contribution < -0.4 is 5.32 Å². The average molecular weight is 199 g/mol. The Labute approximate surface area is 90.7 Å². The molecule has 0 saturated heterocycles. The first kappa shape index (κ1) is 14.0. The van der Waals surface area contributed by atoms with E-state index in [9.17, 15) is 0 Å². The van der Waals surface area contributed by atoms with Crippen LogP contribution in [0.15, 0.2) is 0 Å². The molecule has 0 aromatic carbocycles. The summed E-state index contributed by atoms with van der Waals surface area (Å²) in [5.74, 6) is 0.897. The van der Waals surface area contributed by atoms with E-state index in [0.29, 0.717) is 6.04 Å². The minimum absolute atomic E-state index is 0.639. The lowest BCUT2D eigenvalue weighted by Gasteiger charge is -2.17. The monoisotopic (exact) mass is 199 g/mol. The molecule has 1 nitrogen and oxygen atoms in total. The summed E-state index contributed by atoms with van der Waals surface area (Å²) in [4.78, 5) is 0. The van der Waals surface area contributed by atoms with Gasteiger partial charge in [0.25, 0.3) is 0 Å². The van der Waals surface area contributed by atoms with E-state index in [1.807, 2.05) is 0 Å². The van der Waals surface area contributed by atoms with Crippen LogP contribution in [0.1, 0.15) is 66.2 Å². The summed E-state index contributed by atoms with van der Waals surface area (Å²) < 4.78 is 0. The number of hydrogen-bond donors (Lipinski definition) is 1. The smallest absolute Gasteiger partial charge is 0.00104 e. The van der Waals surface area contributed by atoms with Crippen molar-refractivity contribution in [3.05, 3.63) is 0 Å². The lowest BCUT2D eigenvalue weighted by atomic mass is 9.98. The Kier molecular flexibility index (Phi) is 9.49. The molecule has 0 bridgehead atoms. The van der Waals surface area contributed by atoms with Gasteiger partial charge in [0.1, 0.15) is 0 Å². The van der Waals surface area contributed by atoms with E-state index >= 15 is 0 Å². The van der Waals surface area contributed by atoms with Crippen LogP contribution >= 0.6 is 0 Å². The second-order valence-corrected chi connectivity index (χ2v) is 4.69. The number of hydrogen-bond acceptors (Lipinski definition) is 1. The molecule has 1 unspecified atom stereocenters. The molecule has 0 aliphatic heterocycles. The number of rotatable bonds is 9. The topological polar surface area (TPSA) is 12.0 Å². The van der Waals surface area contributed by atoms with Gasteiger partial charge >= 0.3 is 0 Å². The molecule has 0 aliphatic carbocycles. The molecule has 86 valence electrons. The van der Waals surface area contributed by atoms with E-state index in [4.69, 9.17) is 0 Å². The molecule has 0 saturated carbocycles. The van der Waals surface area contributed by atoms with E-state index in [1.165, 1.54) is 45.1 Å². The van der Waals surface area contributed by atoms with Crippen molar-refractivity contribution in [2.24, 2.45) is 5.92 Å². The fourth-order valence-corrected chi connectivity index (χ4v) is 1.71. The van der Waals surface area contributed by atoms with Crippen molar-refractivity contribution >= 4 is 0 Å². The Morgan fingerprint density at radius 3 is 2.21 bits per heavy atom. The first-order valence-electron chi connectivity index (χ1n) is 6.44. The van der Waals surface area contributed by atoms with Gasteiger partial charge in [-0.3, -0.25) is 0 Å². The summed E-state index contributed by atoms with van der Waals surface area (Å²) in [6, 6.07) is 0.639. The molecule has 0 radical (unpaired) electrons. The first-order valence-corrected chi connectivity index (χ1v) is 6.44. The summed E-state index contributed by atoms with van der Waals surface area (Å²) in [5, 5.41) is 3.54. The lowest BCUT2D eigenvalue weighted by Crippen LogP contribution is -2.28. The molecular formula is C13H29N. The first-order chi connectivity index (χ1) is 6.70. The zero-order valence-corrected chi connectivity index (χ0v) is 10.6. The van der Waals surface area contributed by atoms with E-state index in [0.717, 1.165) is 5.92 Å². The van der Waals surface area contributed by atoms with E-state index < -0.39 is 0 Å². The Bertz CT molecular complexity index is 110. The zero-order valence-electron chi connectivity index (χ0n) is 10.6. The molecular weight excluding hydrogens is 170 g/mol. The highest BCUT2D eigenvalue weighted by Gasteiger charge is 2.05. The molecule has 1 atom stereocenters. The maximum atomic E-state index is 3.54. The van der Waals surface area contributed by atoms with E-state index in [1.54, 1.807) is 0 Å². The van der Waals surface area contributed by atoms with E-state index in [-0.39, 0.29) is 0 Å². The Morgan fingerprint density at radius 1 is 1.00 bits per heavy atom. The van der Waals surface area contributed by atoms with Gasteiger partial charge in [0.05, 0.1) is 0 Å². The van der Waals surface area contributed by atoms with Crippen molar-refractivity contribution in [3.8, 4) is 0 Å². The van der Waals surface area contributed by atoms with Crippen LogP contribution in [0.3, 0.4) is 0 Å². The van der Waals surface area contributed by atoms with Crippen molar-refractivity contribution in [2.45, 2.75) is 72.3 Å². The molecule has 0 aliphatic rings. The van der Waals surface area contributed by atoms with Crippen LogP contribution in [0.4, 0.5) is 0 Å². The number of unbranched alkanes of at least 4 members (excludes halogenated alkanes) is 3. The number of nitrogens with one attached hydrogen (secondary N) is 1. The van der Waals surface area contributed by atoms with Crippen LogP contribution in [0, 0.1) is 5.92 Å². The van der Waals surface area contributed by atoms with E-state index in [2.05, 4.69) is 33.0 Å². The predicted molar refractivity (Wildman–Crippen MR) is 65.7 cm³/mol. The molecule has 0 aromatic heterocycles. The minimum atomic E-state index is 0.639. The molecule has 0 aromatic rings. The highest BCUT2D eigenvalue weighted by molar-refractivity contribution is 4.63. The van der Waals surface area contributed by atoms with Crippen LogP contribution in [0.25, 0.3) is 0 Å². The van der Waals surface area contributed by atoms with Crippen molar-refractivity contribution in [3.63, 3.8) is 0 Å². The predicted octanol–water partition coefficient (Wildman–Crippen LogP) is 3.98. The summed E-state index contributed by atoms with van der Waals surface area (Å²) in [6.45, 7) is 10.2. The third-order valence-electron chi connectivity index (χ3n) is 2.86. The van der Waals surface area contributed by atoms with Gasteiger partial charge in [-0.15, -0.1) is 0 Å². The lowest BCUT2D eigenvalue weighted by molar-refractivity contribution is 0.397. The van der Waals surface area contributed by atoms with Crippen molar-refractivity contribution in [2.75, 3.05) is 6.54 Å². The summed E-state index contributed by atoms with van der Waals surface area (Å²) >= 11 is 0. The molecule has 0 heterocycles. The highest BCUT2D eigenvalue weighted by atomic mass is 14.9. The largest absolute Gasteiger partial charge is 0.314 e. The Balaban J connectivity index is 3.38. The molecule has 0 spiro atoms. The van der Waals surface area contributed by atoms with Crippen molar-refractivity contribution in [1.82, 2.24) is 5.32 Å². The van der Waals surface area contributed by atoms with Crippen LogP contribution in [0.5, 0.6) is 0 Å². The molecule has 0 rings (SSSR count). The molecule has 1 N–H and O–H groups in total. The minimum Gasteiger partial charge on any atom is -0.314 e. The molecule has 0 amide bonds. The van der Waals surface area contributed by atoms with Crippen molar-refractivity contribution in [1.29, 1.82) is 0 Å². The van der Waals surface area contributed by atoms with Gasteiger partial charge in [-0.05, 0) is 18.9 Å². The third-order valence-corrected chi connectivity index (χ3v) is 2.86. The molecule has 0 fully saturated rings. The highest BCUT2D eigenvalue weighted by Crippen LogP contribution is 2.13. The molecule has 14 heavy (non-hydrogen) atoms. The third kappa shape index (κ3) is 8.55. The molecule has 1 heteroatoms. The van der Waals surface area contributed by atoms with Gasteiger partial charge in [0.2, 0.25) is 0 Å². The fourth-order valence-electron chi connectivity index (χ4n) is 1.71. The second kappa shape index (κ2) is 9.51. The Morgan fingerprint density at radius 2 is 1.71 bits per heavy atom. The van der Waals surface area contributed by atoms with Gasteiger partial charge in [-0.2, -0.15) is 0 Å². The van der Waals surface area contributed by atoms with Gasteiger partial charge in [-0.25, -0.2) is 0 Å². The summed E-state index contributed by atoms with van der Waals surface area (Å²) in [6.07, 6.45) is 8.35. The zero-order chi connectivity index (χ0) is 10.8. The quantitative estimate of drug-likeness (QED) is 0.554.